The lowest BCUT2D eigenvalue weighted by Gasteiger charge is -2.21. The van der Waals surface area contributed by atoms with Crippen molar-refractivity contribution in [2.24, 2.45) is 0 Å². The summed E-state index contributed by atoms with van der Waals surface area (Å²) in [5.74, 6) is -0.965. The third-order valence-corrected chi connectivity index (χ3v) is 5.39. The molecule has 0 unspecified atom stereocenters. The van der Waals surface area contributed by atoms with Gasteiger partial charge in [0.15, 0.2) is 0 Å². The third kappa shape index (κ3) is 6.08. The summed E-state index contributed by atoms with van der Waals surface area (Å²) < 4.78 is 6.45. The first kappa shape index (κ1) is 23.6. The fourth-order valence-corrected chi connectivity index (χ4v) is 3.56. The molecule has 0 spiro atoms. The summed E-state index contributed by atoms with van der Waals surface area (Å²) >= 11 is 0. The Bertz CT molecular complexity index is 1310. The maximum atomic E-state index is 13.1. The molecule has 9 heteroatoms. The van der Waals surface area contributed by atoms with Crippen molar-refractivity contribution in [3.05, 3.63) is 96.1 Å². The largest absolute Gasteiger partial charge is 0.445 e. The Labute approximate surface area is 202 Å². The van der Waals surface area contributed by atoms with Crippen LogP contribution >= 0.6 is 0 Å². The molecule has 2 amide bonds. The molecule has 0 saturated carbocycles. The monoisotopic (exact) mass is 471 g/mol. The summed E-state index contributed by atoms with van der Waals surface area (Å²) in [7, 11) is 0. The van der Waals surface area contributed by atoms with Gasteiger partial charge in [0.2, 0.25) is 5.91 Å². The van der Waals surface area contributed by atoms with Gasteiger partial charge in [-0.25, -0.2) is 4.79 Å². The number of rotatable bonds is 8. The highest BCUT2D eigenvalue weighted by molar-refractivity contribution is 5.95. The summed E-state index contributed by atoms with van der Waals surface area (Å²) in [6.07, 6.45) is -0.508. The van der Waals surface area contributed by atoms with E-state index in [1.54, 1.807) is 31.2 Å². The number of carbonyl (C=O) groups is 3. The number of hydrogen-bond donors (Lipinski definition) is 2. The van der Waals surface area contributed by atoms with E-state index < -0.39 is 30.0 Å². The normalized spacial score (nSPS) is 12.5. The molecule has 0 aliphatic rings. The molecular formula is C26H25N5O4. The van der Waals surface area contributed by atoms with Gasteiger partial charge in [-0.1, -0.05) is 78.0 Å². The van der Waals surface area contributed by atoms with Gasteiger partial charge in [-0.15, -0.1) is 5.10 Å². The molecule has 9 nitrogen and oxygen atoms in total. The molecule has 3 aromatic carbocycles. The van der Waals surface area contributed by atoms with Crippen LogP contribution in [0.15, 0.2) is 84.9 Å². The first-order chi connectivity index (χ1) is 17.0. The van der Waals surface area contributed by atoms with Crippen molar-refractivity contribution in [1.82, 2.24) is 25.6 Å². The summed E-state index contributed by atoms with van der Waals surface area (Å²) in [6, 6.07) is 23.7. The van der Waals surface area contributed by atoms with Crippen molar-refractivity contribution in [2.75, 3.05) is 0 Å². The van der Waals surface area contributed by atoms with E-state index in [4.69, 9.17) is 4.74 Å². The fourth-order valence-electron chi connectivity index (χ4n) is 3.56. The van der Waals surface area contributed by atoms with E-state index in [0.717, 1.165) is 15.8 Å². The molecule has 0 saturated heterocycles. The lowest BCUT2D eigenvalue weighted by Crippen LogP contribution is -2.52. The van der Waals surface area contributed by atoms with Crippen molar-refractivity contribution in [3.8, 4) is 0 Å². The smallest absolute Gasteiger partial charge is 0.408 e. The summed E-state index contributed by atoms with van der Waals surface area (Å²) in [5.41, 5.74) is 2.79. The van der Waals surface area contributed by atoms with Gasteiger partial charge in [-0.2, -0.15) is 4.68 Å². The Hall–Kier alpha value is -4.53. The van der Waals surface area contributed by atoms with Crippen molar-refractivity contribution < 1.29 is 19.1 Å². The maximum absolute atomic E-state index is 13.1. The molecule has 4 aromatic rings. The highest BCUT2D eigenvalue weighted by Crippen LogP contribution is 2.11. The van der Waals surface area contributed by atoms with E-state index in [2.05, 4.69) is 20.9 Å². The van der Waals surface area contributed by atoms with Crippen LogP contribution in [0.3, 0.4) is 0 Å². The first-order valence-corrected chi connectivity index (χ1v) is 11.2. The third-order valence-electron chi connectivity index (χ3n) is 5.39. The number of fused-ring (bicyclic) bond motifs is 1. The number of amides is 2. The highest BCUT2D eigenvalue weighted by atomic mass is 16.5. The Balaban J connectivity index is 1.43. The highest BCUT2D eigenvalue weighted by Gasteiger charge is 2.27. The number of hydrogen-bond acceptors (Lipinski definition) is 6. The zero-order valence-electron chi connectivity index (χ0n) is 19.1. The predicted molar refractivity (Wildman–Crippen MR) is 129 cm³/mol. The van der Waals surface area contributed by atoms with E-state index in [9.17, 15) is 14.4 Å². The number of para-hydroxylation sites is 1. The number of nitrogens with one attached hydrogen (secondary N) is 2. The van der Waals surface area contributed by atoms with E-state index in [1.165, 1.54) is 0 Å². The number of ether oxygens (including phenoxy) is 1. The second-order valence-electron chi connectivity index (χ2n) is 8.01. The Morgan fingerprint density at radius 1 is 0.857 bits per heavy atom. The van der Waals surface area contributed by atoms with Crippen LogP contribution in [0.4, 0.5) is 4.79 Å². The van der Waals surface area contributed by atoms with Gasteiger partial charge in [0.05, 0.1) is 5.52 Å². The van der Waals surface area contributed by atoms with Crippen molar-refractivity contribution in [2.45, 2.75) is 32.0 Å². The molecule has 0 bridgehead atoms. The molecule has 2 N–H and O–H groups in total. The van der Waals surface area contributed by atoms with Crippen LogP contribution in [0.2, 0.25) is 0 Å². The maximum Gasteiger partial charge on any atom is 0.408 e. The van der Waals surface area contributed by atoms with Crippen LogP contribution in [-0.4, -0.2) is 45.0 Å². The standard InChI is InChI=1S/C26H25N5O4/c1-18(25(33)31-23-15-9-8-14-21(23)29-30-31)27-24(32)22(16-19-10-4-2-5-11-19)28-26(34)35-17-20-12-6-3-7-13-20/h2-15,18,22H,16-17H2,1H3,(H,27,32)(H,28,34)/t18-,22+/m1/s1. The Kier molecular flexibility index (Phi) is 7.47. The van der Waals surface area contributed by atoms with Gasteiger partial charge in [-0.3, -0.25) is 9.59 Å². The zero-order valence-corrected chi connectivity index (χ0v) is 19.1. The van der Waals surface area contributed by atoms with Crippen LogP contribution in [0.25, 0.3) is 11.0 Å². The van der Waals surface area contributed by atoms with E-state index >= 15 is 0 Å². The van der Waals surface area contributed by atoms with Crippen molar-refractivity contribution >= 4 is 28.9 Å². The molecule has 4 rings (SSSR count). The summed E-state index contributed by atoms with van der Waals surface area (Å²) in [6.45, 7) is 1.63. The lowest BCUT2D eigenvalue weighted by molar-refractivity contribution is -0.123. The molecule has 0 aliphatic heterocycles. The molecule has 2 atom stereocenters. The number of aromatic nitrogens is 3. The summed E-state index contributed by atoms with van der Waals surface area (Å²) in [4.78, 5) is 38.5. The first-order valence-electron chi connectivity index (χ1n) is 11.2. The van der Waals surface area contributed by atoms with Crippen molar-refractivity contribution in [1.29, 1.82) is 0 Å². The van der Waals surface area contributed by atoms with E-state index in [1.807, 2.05) is 60.7 Å². The predicted octanol–water partition coefficient (Wildman–Crippen LogP) is 3.11. The molecule has 1 heterocycles. The molecule has 178 valence electrons. The Morgan fingerprint density at radius 2 is 1.49 bits per heavy atom. The van der Waals surface area contributed by atoms with Crippen LogP contribution < -0.4 is 10.6 Å². The minimum atomic E-state index is -0.955. The van der Waals surface area contributed by atoms with E-state index in [0.29, 0.717) is 11.0 Å². The molecule has 1 aromatic heterocycles. The van der Waals surface area contributed by atoms with Gasteiger partial charge < -0.3 is 15.4 Å². The van der Waals surface area contributed by atoms with Gasteiger partial charge in [0.25, 0.3) is 5.91 Å². The van der Waals surface area contributed by atoms with Gasteiger partial charge in [0.1, 0.15) is 24.2 Å². The van der Waals surface area contributed by atoms with Crippen LogP contribution in [-0.2, 0) is 22.6 Å². The summed E-state index contributed by atoms with van der Waals surface area (Å²) in [5, 5.41) is 13.2. The average Bonchev–Trinajstić information content (AvgIpc) is 3.32. The minimum absolute atomic E-state index is 0.0701. The van der Waals surface area contributed by atoms with Crippen LogP contribution in [0.5, 0.6) is 0 Å². The van der Waals surface area contributed by atoms with Gasteiger partial charge >= 0.3 is 6.09 Å². The molecule has 0 aliphatic carbocycles. The minimum Gasteiger partial charge on any atom is -0.445 e. The molecular weight excluding hydrogens is 446 g/mol. The van der Waals surface area contributed by atoms with Gasteiger partial charge in [-0.05, 0) is 30.2 Å². The number of nitrogens with zero attached hydrogens (tertiary/aromatic N) is 3. The van der Waals surface area contributed by atoms with E-state index in [-0.39, 0.29) is 13.0 Å². The SMILES string of the molecule is C[C@@H](NC(=O)[C@H](Cc1ccccc1)NC(=O)OCc1ccccc1)C(=O)n1nnc2ccccc21. The van der Waals surface area contributed by atoms with Crippen LogP contribution in [0.1, 0.15) is 22.8 Å². The van der Waals surface area contributed by atoms with Crippen LogP contribution in [0, 0.1) is 0 Å². The second-order valence-corrected chi connectivity index (χ2v) is 8.01. The second kappa shape index (κ2) is 11.1. The number of carbonyl (C=O) groups excluding carboxylic acids is 3. The zero-order chi connectivity index (χ0) is 24.6. The van der Waals surface area contributed by atoms with Crippen molar-refractivity contribution in [3.63, 3.8) is 0 Å². The molecule has 0 radical (unpaired) electrons. The number of benzene rings is 3. The number of alkyl carbamates (subject to hydrolysis) is 1. The quantitative estimate of drug-likeness (QED) is 0.408. The van der Waals surface area contributed by atoms with Gasteiger partial charge in [0, 0.05) is 6.42 Å². The fraction of sp³-hybridized carbons (Fsp3) is 0.192. The molecule has 35 heavy (non-hydrogen) atoms. The molecule has 0 fully saturated rings. The Morgan fingerprint density at radius 3 is 2.20 bits per heavy atom. The average molecular weight is 472 g/mol. The topological polar surface area (TPSA) is 115 Å². The lowest BCUT2D eigenvalue weighted by atomic mass is 10.1.